The molecule has 0 radical (unpaired) electrons. The van der Waals surface area contributed by atoms with Crippen LogP contribution in [-0.2, 0) is 0 Å². The van der Waals surface area contributed by atoms with Crippen molar-refractivity contribution in [3.63, 3.8) is 0 Å². The Labute approximate surface area is 103 Å². The van der Waals surface area contributed by atoms with E-state index in [0.29, 0.717) is 10.0 Å². The van der Waals surface area contributed by atoms with Crippen molar-refractivity contribution < 1.29 is 8.78 Å². The molecule has 1 rings (SSSR count). The lowest BCUT2D eigenvalue weighted by Crippen LogP contribution is -2.29. The molecular weight excluding hydrogens is 276 g/mol. The van der Waals surface area contributed by atoms with Gasteiger partial charge in [0.25, 0.3) is 0 Å². The Balaban J connectivity index is 2.98. The van der Waals surface area contributed by atoms with Gasteiger partial charge in [0.2, 0.25) is 0 Å². The van der Waals surface area contributed by atoms with Crippen molar-refractivity contribution in [2.75, 3.05) is 0 Å². The minimum Gasteiger partial charge on any atom is -0.308 e. The van der Waals surface area contributed by atoms with E-state index in [1.54, 1.807) is 0 Å². The van der Waals surface area contributed by atoms with Crippen LogP contribution in [0.1, 0.15) is 38.8 Å². The Morgan fingerprint density at radius 3 is 2.50 bits per heavy atom. The maximum absolute atomic E-state index is 13.6. The van der Waals surface area contributed by atoms with Crippen molar-refractivity contribution in [1.29, 1.82) is 0 Å². The fourth-order valence-electron chi connectivity index (χ4n) is 1.57. The quantitative estimate of drug-likeness (QED) is 0.821. The molecule has 0 saturated carbocycles. The Morgan fingerprint density at radius 1 is 1.31 bits per heavy atom. The normalized spacial score (nSPS) is 14.9. The van der Waals surface area contributed by atoms with Gasteiger partial charge in [-0.25, -0.2) is 8.78 Å². The predicted octanol–water partition coefficient (Wildman–Crippen LogP) is 4.18. The molecular formula is C12H16BrF2N. The van der Waals surface area contributed by atoms with E-state index in [4.69, 9.17) is 0 Å². The summed E-state index contributed by atoms with van der Waals surface area (Å²) in [4.78, 5) is 0. The summed E-state index contributed by atoms with van der Waals surface area (Å²) >= 11 is 3.25. The molecule has 4 heteroatoms. The van der Waals surface area contributed by atoms with Gasteiger partial charge in [-0.05, 0) is 32.4 Å². The van der Waals surface area contributed by atoms with Crippen molar-refractivity contribution in [2.24, 2.45) is 0 Å². The maximum Gasteiger partial charge on any atom is 0.164 e. The monoisotopic (exact) mass is 291 g/mol. The zero-order valence-corrected chi connectivity index (χ0v) is 11.2. The lowest BCUT2D eigenvalue weighted by atomic mass is 10.1. The maximum atomic E-state index is 13.6. The smallest absolute Gasteiger partial charge is 0.164 e. The van der Waals surface area contributed by atoms with Gasteiger partial charge in [0, 0.05) is 22.1 Å². The molecule has 1 N–H and O–H groups in total. The van der Waals surface area contributed by atoms with Crippen LogP contribution >= 0.6 is 15.9 Å². The lowest BCUT2D eigenvalue weighted by molar-refractivity contribution is 0.435. The zero-order valence-electron chi connectivity index (χ0n) is 9.65. The Hall–Kier alpha value is -0.480. The first-order valence-corrected chi connectivity index (χ1v) is 6.16. The second kappa shape index (κ2) is 5.73. The van der Waals surface area contributed by atoms with Crippen molar-refractivity contribution in [3.8, 4) is 0 Å². The Morgan fingerprint density at radius 2 is 1.94 bits per heavy atom. The number of benzene rings is 1. The molecule has 0 heterocycles. The van der Waals surface area contributed by atoms with Gasteiger partial charge in [-0.3, -0.25) is 0 Å². The third-order valence-corrected chi connectivity index (χ3v) is 3.35. The second-order valence-corrected chi connectivity index (χ2v) is 4.81. The molecule has 1 aromatic rings. The summed E-state index contributed by atoms with van der Waals surface area (Å²) in [6.45, 7) is 5.89. The van der Waals surface area contributed by atoms with Gasteiger partial charge in [-0.2, -0.15) is 0 Å². The number of rotatable bonds is 4. The highest BCUT2D eigenvalue weighted by Gasteiger charge is 2.18. The summed E-state index contributed by atoms with van der Waals surface area (Å²) in [5, 5.41) is 3.22. The van der Waals surface area contributed by atoms with Crippen LogP contribution in [0.25, 0.3) is 0 Å². The van der Waals surface area contributed by atoms with Gasteiger partial charge in [0.05, 0.1) is 0 Å². The minimum absolute atomic E-state index is 0.222. The van der Waals surface area contributed by atoms with E-state index in [0.717, 1.165) is 12.5 Å². The van der Waals surface area contributed by atoms with Crippen molar-refractivity contribution in [1.82, 2.24) is 5.32 Å². The Bertz CT molecular complexity index is 368. The van der Waals surface area contributed by atoms with Crippen LogP contribution in [0.3, 0.4) is 0 Å². The number of hydrogen-bond donors (Lipinski definition) is 1. The van der Waals surface area contributed by atoms with Crippen molar-refractivity contribution in [2.45, 2.75) is 39.3 Å². The third kappa shape index (κ3) is 3.01. The van der Waals surface area contributed by atoms with E-state index in [-0.39, 0.29) is 12.1 Å². The van der Waals surface area contributed by atoms with Gasteiger partial charge in [0.1, 0.15) is 0 Å². The molecule has 90 valence electrons. The van der Waals surface area contributed by atoms with Crippen LogP contribution in [0.15, 0.2) is 16.6 Å². The minimum atomic E-state index is -0.809. The molecule has 16 heavy (non-hydrogen) atoms. The standard InChI is InChI=1S/C12H16BrF2N/c1-4-7(2)16-8(3)11-9(13)5-6-10(14)12(11)15/h5-8,16H,4H2,1-3H3. The van der Waals surface area contributed by atoms with E-state index in [1.165, 1.54) is 6.07 Å². The highest BCUT2D eigenvalue weighted by Crippen LogP contribution is 2.28. The molecule has 0 aromatic heterocycles. The number of hydrogen-bond acceptors (Lipinski definition) is 1. The van der Waals surface area contributed by atoms with Gasteiger partial charge in [-0.15, -0.1) is 0 Å². The Kier molecular flexibility index (Phi) is 4.87. The second-order valence-electron chi connectivity index (χ2n) is 3.95. The van der Waals surface area contributed by atoms with Gasteiger partial charge < -0.3 is 5.32 Å². The molecule has 1 aromatic carbocycles. The summed E-state index contributed by atoms with van der Waals surface area (Å²) in [6, 6.07) is 2.70. The first kappa shape index (κ1) is 13.6. The fraction of sp³-hybridized carbons (Fsp3) is 0.500. The molecule has 0 bridgehead atoms. The van der Waals surface area contributed by atoms with Gasteiger partial charge in [0.15, 0.2) is 11.6 Å². The predicted molar refractivity (Wildman–Crippen MR) is 65.4 cm³/mol. The molecule has 1 nitrogen and oxygen atoms in total. The number of halogens is 3. The molecule has 0 fully saturated rings. The van der Waals surface area contributed by atoms with Gasteiger partial charge >= 0.3 is 0 Å². The molecule has 2 atom stereocenters. The van der Waals surface area contributed by atoms with E-state index >= 15 is 0 Å². The summed E-state index contributed by atoms with van der Waals surface area (Å²) in [6.07, 6.45) is 0.943. The highest BCUT2D eigenvalue weighted by molar-refractivity contribution is 9.10. The molecule has 0 aliphatic carbocycles. The zero-order chi connectivity index (χ0) is 12.3. The van der Waals surface area contributed by atoms with E-state index in [1.807, 2.05) is 20.8 Å². The molecule has 0 amide bonds. The average molecular weight is 292 g/mol. The van der Waals surface area contributed by atoms with E-state index < -0.39 is 11.6 Å². The van der Waals surface area contributed by atoms with Crippen LogP contribution in [0.2, 0.25) is 0 Å². The molecule has 0 spiro atoms. The first-order chi connectivity index (χ1) is 7.47. The summed E-state index contributed by atoms with van der Waals surface area (Å²) < 4.78 is 27.3. The SMILES string of the molecule is CCC(C)NC(C)c1c(Br)ccc(F)c1F. The summed E-state index contributed by atoms with van der Waals surface area (Å²) in [5.74, 6) is -1.59. The molecule has 0 aliphatic rings. The van der Waals surface area contributed by atoms with Gasteiger partial charge in [-0.1, -0.05) is 22.9 Å². The van der Waals surface area contributed by atoms with E-state index in [2.05, 4.69) is 21.2 Å². The average Bonchev–Trinajstić information content (AvgIpc) is 2.24. The lowest BCUT2D eigenvalue weighted by Gasteiger charge is -2.20. The molecule has 0 aliphatic heterocycles. The molecule has 0 saturated heterocycles. The number of nitrogens with one attached hydrogen (secondary N) is 1. The van der Waals surface area contributed by atoms with Crippen LogP contribution in [0.4, 0.5) is 8.78 Å². The van der Waals surface area contributed by atoms with Crippen molar-refractivity contribution >= 4 is 15.9 Å². The van der Waals surface area contributed by atoms with Crippen LogP contribution in [0, 0.1) is 11.6 Å². The summed E-state index contributed by atoms with van der Waals surface area (Å²) in [7, 11) is 0. The largest absolute Gasteiger partial charge is 0.308 e. The highest BCUT2D eigenvalue weighted by atomic mass is 79.9. The van der Waals surface area contributed by atoms with Crippen LogP contribution < -0.4 is 5.32 Å². The molecule has 2 unspecified atom stereocenters. The van der Waals surface area contributed by atoms with Crippen LogP contribution in [-0.4, -0.2) is 6.04 Å². The third-order valence-electron chi connectivity index (χ3n) is 2.66. The van der Waals surface area contributed by atoms with Crippen molar-refractivity contribution in [3.05, 3.63) is 33.8 Å². The van der Waals surface area contributed by atoms with E-state index in [9.17, 15) is 8.78 Å². The fourth-order valence-corrected chi connectivity index (χ4v) is 2.22. The topological polar surface area (TPSA) is 12.0 Å². The summed E-state index contributed by atoms with van der Waals surface area (Å²) in [5.41, 5.74) is 0.348. The first-order valence-electron chi connectivity index (χ1n) is 5.36. The van der Waals surface area contributed by atoms with Crippen LogP contribution in [0.5, 0.6) is 0 Å².